The molecule has 0 bridgehead atoms. The Morgan fingerprint density at radius 3 is 2.44 bits per heavy atom. The van der Waals surface area contributed by atoms with E-state index in [-0.39, 0.29) is 0 Å². The molecule has 0 saturated carbocycles. The summed E-state index contributed by atoms with van der Waals surface area (Å²) in [6, 6.07) is 12.5. The van der Waals surface area contributed by atoms with Gasteiger partial charge in [0.1, 0.15) is 0 Å². The number of benzene rings is 1. The standard InChI is InChI=1S/C17H28Si/c1-5-7-12-16(11-6-2)15-18(3,4)17-13-9-8-10-14-17/h6,8-10,13-14,16H,2,5,7,11-12,15H2,1,3-4H3. The molecule has 1 rings (SSSR count). The van der Waals surface area contributed by atoms with Gasteiger partial charge in [-0.15, -0.1) is 6.58 Å². The Morgan fingerprint density at radius 2 is 1.89 bits per heavy atom. The quantitative estimate of drug-likeness (QED) is 0.456. The molecule has 1 aromatic rings. The zero-order chi connectivity index (χ0) is 13.4. The molecule has 0 aromatic heterocycles. The van der Waals surface area contributed by atoms with Crippen LogP contribution in [-0.2, 0) is 0 Å². The first kappa shape index (κ1) is 15.2. The normalized spacial score (nSPS) is 13.3. The molecule has 0 aliphatic heterocycles. The number of rotatable bonds is 8. The second-order valence-corrected chi connectivity index (χ2v) is 10.7. The molecule has 0 spiro atoms. The molecule has 0 radical (unpaired) electrons. The van der Waals surface area contributed by atoms with E-state index in [0.717, 1.165) is 5.92 Å². The molecule has 0 aliphatic rings. The fourth-order valence-corrected chi connectivity index (χ4v) is 5.91. The van der Waals surface area contributed by atoms with Crippen molar-refractivity contribution in [1.29, 1.82) is 0 Å². The molecule has 100 valence electrons. The van der Waals surface area contributed by atoms with E-state index in [2.05, 4.69) is 63.0 Å². The van der Waals surface area contributed by atoms with Crippen molar-refractivity contribution in [2.24, 2.45) is 5.92 Å². The monoisotopic (exact) mass is 260 g/mol. The Balaban J connectivity index is 2.69. The third kappa shape index (κ3) is 4.81. The zero-order valence-electron chi connectivity index (χ0n) is 12.3. The molecule has 0 aliphatic carbocycles. The molecular weight excluding hydrogens is 232 g/mol. The summed E-state index contributed by atoms with van der Waals surface area (Å²) < 4.78 is 0. The molecule has 1 unspecified atom stereocenters. The average Bonchev–Trinajstić information content (AvgIpc) is 2.37. The molecule has 0 N–H and O–H groups in total. The van der Waals surface area contributed by atoms with E-state index in [9.17, 15) is 0 Å². The molecule has 0 amide bonds. The zero-order valence-corrected chi connectivity index (χ0v) is 13.3. The third-order valence-corrected chi connectivity index (χ3v) is 7.31. The van der Waals surface area contributed by atoms with Crippen molar-refractivity contribution in [3.8, 4) is 0 Å². The fraction of sp³-hybridized carbons (Fsp3) is 0.529. The topological polar surface area (TPSA) is 0 Å². The number of hydrogen-bond donors (Lipinski definition) is 0. The second-order valence-electron chi connectivity index (χ2n) is 5.99. The van der Waals surface area contributed by atoms with Crippen LogP contribution in [0.1, 0.15) is 32.6 Å². The Labute approximate surface area is 114 Å². The molecule has 1 aromatic carbocycles. The summed E-state index contributed by atoms with van der Waals surface area (Å²) in [7, 11) is -1.28. The minimum Gasteiger partial charge on any atom is -0.103 e. The van der Waals surface area contributed by atoms with Crippen LogP contribution in [-0.4, -0.2) is 8.07 Å². The van der Waals surface area contributed by atoms with Crippen molar-refractivity contribution in [3.05, 3.63) is 43.0 Å². The molecule has 0 nitrogen and oxygen atoms in total. The first-order valence-corrected chi connectivity index (χ1v) is 10.5. The fourth-order valence-electron chi connectivity index (χ4n) is 2.76. The summed E-state index contributed by atoms with van der Waals surface area (Å²) in [6.07, 6.45) is 7.32. The summed E-state index contributed by atoms with van der Waals surface area (Å²) in [5, 5.41) is 1.59. The van der Waals surface area contributed by atoms with Gasteiger partial charge < -0.3 is 0 Å². The number of hydrogen-bond acceptors (Lipinski definition) is 0. The average molecular weight is 260 g/mol. The summed E-state index contributed by atoms with van der Waals surface area (Å²) in [5.74, 6) is 0.837. The van der Waals surface area contributed by atoms with E-state index in [0.29, 0.717) is 0 Å². The summed E-state index contributed by atoms with van der Waals surface area (Å²) >= 11 is 0. The van der Waals surface area contributed by atoms with Crippen molar-refractivity contribution in [1.82, 2.24) is 0 Å². The largest absolute Gasteiger partial charge is 0.103 e. The van der Waals surface area contributed by atoms with Crippen LogP contribution < -0.4 is 5.19 Å². The van der Waals surface area contributed by atoms with Gasteiger partial charge in [0, 0.05) is 0 Å². The van der Waals surface area contributed by atoms with E-state index < -0.39 is 8.07 Å². The van der Waals surface area contributed by atoms with Crippen LogP contribution in [0.3, 0.4) is 0 Å². The van der Waals surface area contributed by atoms with Crippen LogP contribution in [0.2, 0.25) is 19.1 Å². The van der Waals surface area contributed by atoms with Gasteiger partial charge in [0.15, 0.2) is 0 Å². The Bertz CT molecular complexity index is 340. The predicted molar refractivity (Wildman–Crippen MR) is 86.2 cm³/mol. The Hall–Kier alpha value is -0.823. The van der Waals surface area contributed by atoms with Crippen molar-refractivity contribution in [2.45, 2.75) is 51.7 Å². The van der Waals surface area contributed by atoms with Crippen LogP contribution in [0, 0.1) is 5.92 Å². The van der Waals surface area contributed by atoms with E-state index in [1.165, 1.54) is 31.7 Å². The maximum absolute atomic E-state index is 3.93. The minimum atomic E-state index is -1.28. The summed E-state index contributed by atoms with van der Waals surface area (Å²) in [4.78, 5) is 0. The van der Waals surface area contributed by atoms with Gasteiger partial charge in [-0.3, -0.25) is 0 Å². The highest BCUT2D eigenvalue weighted by Crippen LogP contribution is 2.25. The molecule has 0 saturated heterocycles. The van der Waals surface area contributed by atoms with Gasteiger partial charge in [-0.05, 0) is 12.3 Å². The Kier molecular flexibility index (Phi) is 6.41. The third-order valence-electron chi connectivity index (χ3n) is 3.82. The van der Waals surface area contributed by atoms with Gasteiger partial charge in [-0.2, -0.15) is 0 Å². The highest BCUT2D eigenvalue weighted by atomic mass is 28.3. The Morgan fingerprint density at radius 1 is 1.22 bits per heavy atom. The highest BCUT2D eigenvalue weighted by Gasteiger charge is 2.26. The summed E-state index contributed by atoms with van der Waals surface area (Å²) in [5.41, 5.74) is 0. The lowest BCUT2D eigenvalue weighted by molar-refractivity contribution is 0.507. The lowest BCUT2D eigenvalue weighted by Gasteiger charge is -2.28. The maximum atomic E-state index is 3.93. The van der Waals surface area contributed by atoms with Gasteiger partial charge in [-0.25, -0.2) is 0 Å². The number of allylic oxidation sites excluding steroid dienone is 1. The van der Waals surface area contributed by atoms with Crippen molar-refractivity contribution in [2.75, 3.05) is 0 Å². The van der Waals surface area contributed by atoms with Crippen LogP contribution in [0.15, 0.2) is 43.0 Å². The van der Waals surface area contributed by atoms with Crippen molar-refractivity contribution in [3.63, 3.8) is 0 Å². The van der Waals surface area contributed by atoms with E-state index in [1.54, 1.807) is 5.19 Å². The van der Waals surface area contributed by atoms with E-state index >= 15 is 0 Å². The van der Waals surface area contributed by atoms with Gasteiger partial charge >= 0.3 is 0 Å². The molecular formula is C17H28Si. The first-order chi connectivity index (χ1) is 8.60. The molecule has 18 heavy (non-hydrogen) atoms. The van der Waals surface area contributed by atoms with Crippen LogP contribution in [0.4, 0.5) is 0 Å². The smallest absolute Gasteiger partial charge is 0.0809 e. The lowest BCUT2D eigenvalue weighted by atomic mass is 10.0. The maximum Gasteiger partial charge on any atom is 0.0809 e. The number of unbranched alkanes of at least 4 members (excludes halogenated alkanes) is 1. The highest BCUT2D eigenvalue weighted by molar-refractivity contribution is 6.89. The minimum absolute atomic E-state index is 0.837. The van der Waals surface area contributed by atoms with Crippen LogP contribution in [0.5, 0.6) is 0 Å². The van der Waals surface area contributed by atoms with E-state index in [4.69, 9.17) is 0 Å². The van der Waals surface area contributed by atoms with Gasteiger partial charge in [-0.1, -0.05) is 86.9 Å². The van der Waals surface area contributed by atoms with Gasteiger partial charge in [0.25, 0.3) is 0 Å². The predicted octanol–water partition coefficient (Wildman–Crippen LogP) is 4.98. The van der Waals surface area contributed by atoms with Crippen LogP contribution >= 0.6 is 0 Å². The molecule has 0 heterocycles. The molecule has 1 heteroatoms. The van der Waals surface area contributed by atoms with Gasteiger partial charge in [0.2, 0.25) is 0 Å². The van der Waals surface area contributed by atoms with E-state index in [1.807, 2.05) is 0 Å². The SMILES string of the molecule is C=CCC(CCCC)C[Si](C)(C)c1ccccc1. The summed E-state index contributed by atoms with van der Waals surface area (Å²) in [6.45, 7) is 11.2. The van der Waals surface area contributed by atoms with Gasteiger partial charge in [0.05, 0.1) is 8.07 Å². The molecule has 0 fully saturated rings. The second kappa shape index (κ2) is 7.58. The van der Waals surface area contributed by atoms with Crippen LogP contribution in [0.25, 0.3) is 0 Å². The lowest BCUT2D eigenvalue weighted by Crippen LogP contribution is -2.42. The first-order valence-electron chi connectivity index (χ1n) is 7.26. The van der Waals surface area contributed by atoms with Crippen molar-refractivity contribution >= 4 is 13.3 Å². The molecule has 1 atom stereocenters. The van der Waals surface area contributed by atoms with Crippen molar-refractivity contribution < 1.29 is 0 Å².